The summed E-state index contributed by atoms with van der Waals surface area (Å²) in [4.78, 5) is 0.122. The Hall–Kier alpha value is -1.33. The van der Waals surface area contributed by atoms with Crippen molar-refractivity contribution in [2.75, 3.05) is 0 Å². The van der Waals surface area contributed by atoms with Crippen molar-refractivity contribution in [1.29, 1.82) is 0 Å². The maximum absolute atomic E-state index is 12.1. The van der Waals surface area contributed by atoms with Crippen LogP contribution >= 0.6 is 15.9 Å². The lowest BCUT2D eigenvalue weighted by molar-refractivity contribution is 0.485. The van der Waals surface area contributed by atoms with E-state index in [4.69, 9.17) is 4.18 Å². The van der Waals surface area contributed by atoms with Crippen molar-refractivity contribution in [1.82, 2.24) is 0 Å². The van der Waals surface area contributed by atoms with E-state index in [0.717, 1.165) is 5.56 Å². The highest BCUT2D eigenvalue weighted by Gasteiger charge is 2.19. The largest absolute Gasteiger partial charge is 0.379 e. The van der Waals surface area contributed by atoms with Gasteiger partial charge in [-0.25, -0.2) is 0 Å². The molecule has 0 bridgehead atoms. The molecule has 0 radical (unpaired) electrons. The van der Waals surface area contributed by atoms with Crippen molar-refractivity contribution in [2.24, 2.45) is 0 Å². The molecule has 94 valence electrons. The van der Waals surface area contributed by atoms with Crippen LogP contribution in [-0.4, -0.2) is 8.42 Å². The molecule has 0 unspecified atom stereocenters. The zero-order valence-electron chi connectivity index (χ0n) is 9.63. The number of rotatable bonds is 3. The first kappa shape index (κ1) is 13.1. The fourth-order valence-electron chi connectivity index (χ4n) is 1.46. The molecule has 18 heavy (non-hydrogen) atoms. The van der Waals surface area contributed by atoms with Crippen LogP contribution in [0, 0.1) is 6.92 Å². The van der Waals surface area contributed by atoms with Crippen molar-refractivity contribution in [2.45, 2.75) is 11.8 Å². The standard InChI is InChI=1S/C13H11BrO3S/c1-10-7-8-13(12(14)9-10)18(15,16)17-11-5-3-2-4-6-11/h2-9H,1H3. The number of hydrogen-bond donors (Lipinski definition) is 0. The van der Waals surface area contributed by atoms with E-state index in [2.05, 4.69) is 15.9 Å². The van der Waals surface area contributed by atoms with E-state index >= 15 is 0 Å². The summed E-state index contributed by atoms with van der Waals surface area (Å²) in [5.74, 6) is 0.296. The van der Waals surface area contributed by atoms with Crippen LogP contribution in [0.25, 0.3) is 0 Å². The van der Waals surface area contributed by atoms with E-state index in [1.165, 1.54) is 6.07 Å². The van der Waals surface area contributed by atoms with Crippen LogP contribution in [0.3, 0.4) is 0 Å². The van der Waals surface area contributed by atoms with E-state index in [1.54, 1.807) is 42.5 Å². The van der Waals surface area contributed by atoms with Crippen LogP contribution in [0.2, 0.25) is 0 Å². The van der Waals surface area contributed by atoms with Gasteiger partial charge in [-0.3, -0.25) is 0 Å². The van der Waals surface area contributed by atoms with Gasteiger partial charge in [0.15, 0.2) is 0 Å². The molecule has 0 spiro atoms. The zero-order chi connectivity index (χ0) is 13.2. The maximum Gasteiger partial charge on any atom is 0.340 e. The molecule has 0 N–H and O–H groups in total. The summed E-state index contributed by atoms with van der Waals surface area (Å²) in [6.45, 7) is 1.89. The van der Waals surface area contributed by atoms with Gasteiger partial charge in [0.05, 0.1) is 0 Å². The van der Waals surface area contributed by atoms with Gasteiger partial charge in [-0.1, -0.05) is 24.3 Å². The third kappa shape index (κ3) is 2.91. The molecule has 0 amide bonds. The predicted octanol–water partition coefficient (Wildman–Crippen LogP) is 3.53. The third-order valence-corrected chi connectivity index (χ3v) is 4.53. The minimum atomic E-state index is -3.81. The van der Waals surface area contributed by atoms with Gasteiger partial charge in [-0.05, 0) is 52.7 Å². The lowest BCUT2D eigenvalue weighted by Crippen LogP contribution is -2.10. The second kappa shape index (κ2) is 5.12. The molecule has 0 aliphatic heterocycles. The Labute approximate surface area is 115 Å². The molecule has 0 aromatic heterocycles. The Balaban J connectivity index is 2.37. The Morgan fingerprint density at radius 3 is 2.33 bits per heavy atom. The molecule has 0 saturated heterocycles. The first-order valence-corrected chi connectivity index (χ1v) is 7.45. The summed E-state index contributed by atoms with van der Waals surface area (Å²) in [5.41, 5.74) is 0.973. The van der Waals surface area contributed by atoms with Gasteiger partial charge >= 0.3 is 10.1 Å². The van der Waals surface area contributed by atoms with Crippen LogP contribution in [0.1, 0.15) is 5.56 Å². The molecule has 5 heteroatoms. The first-order chi connectivity index (χ1) is 8.49. The molecule has 2 aromatic rings. The molecule has 2 aromatic carbocycles. The quantitative estimate of drug-likeness (QED) is 0.810. The van der Waals surface area contributed by atoms with Gasteiger partial charge in [0.2, 0.25) is 0 Å². The number of hydrogen-bond acceptors (Lipinski definition) is 3. The minimum absolute atomic E-state index is 0.122. The Morgan fingerprint density at radius 1 is 1.06 bits per heavy atom. The summed E-state index contributed by atoms with van der Waals surface area (Å²) in [7, 11) is -3.81. The normalized spacial score (nSPS) is 11.2. The fourth-order valence-corrected chi connectivity index (χ4v) is 3.53. The van der Waals surface area contributed by atoms with Gasteiger partial charge in [0, 0.05) is 4.47 Å². The monoisotopic (exact) mass is 326 g/mol. The highest BCUT2D eigenvalue weighted by molar-refractivity contribution is 9.10. The summed E-state index contributed by atoms with van der Waals surface area (Å²) < 4.78 is 29.7. The second-order valence-corrected chi connectivity index (χ2v) is 6.15. The molecule has 0 aliphatic rings. The van der Waals surface area contributed by atoms with Crippen LogP contribution in [0.15, 0.2) is 57.9 Å². The number of para-hydroxylation sites is 1. The first-order valence-electron chi connectivity index (χ1n) is 5.25. The van der Waals surface area contributed by atoms with E-state index in [0.29, 0.717) is 10.2 Å². The SMILES string of the molecule is Cc1ccc(S(=O)(=O)Oc2ccccc2)c(Br)c1. The molecule has 3 nitrogen and oxygen atoms in total. The Morgan fingerprint density at radius 2 is 1.72 bits per heavy atom. The summed E-state index contributed by atoms with van der Waals surface area (Å²) in [5, 5.41) is 0. The Kier molecular flexibility index (Phi) is 3.73. The predicted molar refractivity (Wildman–Crippen MR) is 73.1 cm³/mol. The summed E-state index contributed by atoms with van der Waals surface area (Å²) in [6.07, 6.45) is 0. The molecule has 0 saturated carbocycles. The van der Waals surface area contributed by atoms with E-state index < -0.39 is 10.1 Å². The highest BCUT2D eigenvalue weighted by Crippen LogP contribution is 2.26. The zero-order valence-corrected chi connectivity index (χ0v) is 12.0. The average Bonchev–Trinajstić information content (AvgIpc) is 2.29. The van der Waals surface area contributed by atoms with Crippen LogP contribution in [0.5, 0.6) is 5.75 Å². The fraction of sp³-hybridized carbons (Fsp3) is 0.0769. The van der Waals surface area contributed by atoms with Crippen molar-refractivity contribution >= 4 is 26.0 Å². The number of aryl methyl sites for hydroxylation is 1. The molecule has 0 heterocycles. The number of benzene rings is 2. The molecular formula is C13H11BrO3S. The van der Waals surface area contributed by atoms with Crippen molar-refractivity contribution in [3.8, 4) is 5.75 Å². The smallest absolute Gasteiger partial charge is 0.340 e. The average molecular weight is 327 g/mol. The molecule has 0 atom stereocenters. The van der Waals surface area contributed by atoms with Crippen LogP contribution < -0.4 is 4.18 Å². The lowest BCUT2D eigenvalue weighted by atomic mass is 10.2. The van der Waals surface area contributed by atoms with Gasteiger partial charge in [-0.2, -0.15) is 8.42 Å². The molecule has 0 fully saturated rings. The molecule has 2 rings (SSSR count). The van der Waals surface area contributed by atoms with Crippen LogP contribution in [-0.2, 0) is 10.1 Å². The Bertz CT molecular complexity index is 651. The van der Waals surface area contributed by atoms with Crippen molar-refractivity contribution in [3.05, 3.63) is 58.6 Å². The van der Waals surface area contributed by atoms with Gasteiger partial charge < -0.3 is 4.18 Å². The van der Waals surface area contributed by atoms with Crippen molar-refractivity contribution in [3.63, 3.8) is 0 Å². The lowest BCUT2D eigenvalue weighted by Gasteiger charge is -2.08. The second-order valence-electron chi connectivity index (χ2n) is 3.78. The summed E-state index contributed by atoms with van der Waals surface area (Å²) in [6, 6.07) is 13.4. The van der Waals surface area contributed by atoms with Gasteiger partial charge in [0.1, 0.15) is 10.6 Å². The molecule has 0 aliphatic carbocycles. The van der Waals surface area contributed by atoms with Gasteiger partial charge in [0.25, 0.3) is 0 Å². The van der Waals surface area contributed by atoms with Crippen LogP contribution in [0.4, 0.5) is 0 Å². The minimum Gasteiger partial charge on any atom is -0.379 e. The highest BCUT2D eigenvalue weighted by atomic mass is 79.9. The van der Waals surface area contributed by atoms with E-state index in [1.807, 2.05) is 6.92 Å². The van der Waals surface area contributed by atoms with Crippen molar-refractivity contribution < 1.29 is 12.6 Å². The summed E-state index contributed by atoms with van der Waals surface area (Å²) >= 11 is 3.24. The van der Waals surface area contributed by atoms with E-state index in [9.17, 15) is 8.42 Å². The molecular weight excluding hydrogens is 316 g/mol. The topological polar surface area (TPSA) is 43.4 Å². The maximum atomic E-state index is 12.1. The van der Waals surface area contributed by atoms with Gasteiger partial charge in [-0.15, -0.1) is 0 Å². The number of halogens is 1. The van der Waals surface area contributed by atoms with E-state index in [-0.39, 0.29) is 4.90 Å². The third-order valence-electron chi connectivity index (χ3n) is 2.31.